The molecule has 1 aliphatic heterocycles. The fraction of sp³-hybridized carbons (Fsp3) is 0.375. The van der Waals surface area contributed by atoms with Crippen LogP contribution in [0, 0.1) is 18.8 Å². The SMILES string of the molecule is Cc1nc2c(c(=O)n1CC#Cc1ccc(Cl)cc1-c1ccnc3c(C(=O)O)csc13)C[C@@H](N1CCC(OC(F)(F)I)CC1)CC2. The number of ether oxygens (including phenoxy) is 1. The van der Waals surface area contributed by atoms with E-state index in [1.54, 1.807) is 35.2 Å². The van der Waals surface area contributed by atoms with Crippen LogP contribution in [0.3, 0.4) is 0 Å². The van der Waals surface area contributed by atoms with E-state index in [-0.39, 0.29) is 23.7 Å². The topological polar surface area (TPSA) is 97.5 Å². The highest BCUT2D eigenvalue weighted by Crippen LogP contribution is 2.36. The van der Waals surface area contributed by atoms with Gasteiger partial charge in [0, 0.05) is 80.6 Å². The maximum absolute atomic E-state index is 13.7. The Labute approximate surface area is 280 Å². The van der Waals surface area contributed by atoms with Gasteiger partial charge in [0.25, 0.3) is 5.56 Å². The number of pyridine rings is 1. The van der Waals surface area contributed by atoms with E-state index in [1.165, 1.54) is 11.3 Å². The number of alkyl halides is 3. The molecule has 8 nitrogen and oxygen atoms in total. The van der Waals surface area contributed by atoms with Gasteiger partial charge in [0.1, 0.15) is 5.82 Å². The van der Waals surface area contributed by atoms with Crippen LogP contribution in [0.15, 0.2) is 40.6 Å². The number of halogens is 4. The maximum Gasteiger partial charge on any atom is 0.408 e. The van der Waals surface area contributed by atoms with E-state index in [9.17, 15) is 23.5 Å². The molecule has 0 amide bonds. The summed E-state index contributed by atoms with van der Waals surface area (Å²) in [5, 5.41) is 11.6. The molecule has 13 heteroatoms. The second-order valence-corrected chi connectivity index (χ2v) is 13.7. The van der Waals surface area contributed by atoms with Gasteiger partial charge in [0.2, 0.25) is 0 Å². The number of nitrogens with zero attached hydrogens (tertiary/aromatic N) is 4. The van der Waals surface area contributed by atoms with E-state index in [4.69, 9.17) is 21.3 Å². The number of carbonyl (C=O) groups is 1. The van der Waals surface area contributed by atoms with Crippen LogP contribution in [0.25, 0.3) is 21.3 Å². The summed E-state index contributed by atoms with van der Waals surface area (Å²) < 4.78 is 30.6. The molecule has 0 radical (unpaired) electrons. The van der Waals surface area contributed by atoms with E-state index in [2.05, 4.69) is 21.7 Å². The molecule has 1 aromatic carbocycles. The molecule has 1 aliphatic carbocycles. The van der Waals surface area contributed by atoms with E-state index in [0.29, 0.717) is 66.3 Å². The van der Waals surface area contributed by atoms with Crippen molar-refractivity contribution in [2.75, 3.05) is 13.1 Å². The Morgan fingerprint density at radius 3 is 2.76 bits per heavy atom. The zero-order valence-corrected chi connectivity index (χ0v) is 27.9. The first-order chi connectivity index (χ1) is 21.5. The number of piperidine rings is 1. The van der Waals surface area contributed by atoms with Crippen molar-refractivity contribution < 1.29 is 23.4 Å². The van der Waals surface area contributed by atoms with Crippen molar-refractivity contribution in [3.8, 4) is 23.0 Å². The van der Waals surface area contributed by atoms with Crippen LogP contribution in [-0.4, -0.2) is 59.9 Å². The van der Waals surface area contributed by atoms with Crippen LogP contribution >= 0.6 is 45.5 Å². The van der Waals surface area contributed by atoms with Crippen molar-refractivity contribution in [1.29, 1.82) is 0 Å². The lowest BCUT2D eigenvalue weighted by molar-refractivity contribution is -0.188. The number of aromatic nitrogens is 3. The zero-order valence-electron chi connectivity index (χ0n) is 24.2. The van der Waals surface area contributed by atoms with Gasteiger partial charge in [-0.2, -0.15) is 8.78 Å². The number of benzene rings is 1. The molecular weight excluding hydrogens is 737 g/mol. The summed E-state index contributed by atoms with van der Waals surface area (Å²) in [5.74, 6) is 5.89. The van der Waals surface area contributed by atoms with Gasteiger partial charge in [0.05, 0.1) is 34.1 Å². The highest BCUT2D eigenvalue weighted by atomic mass is 127. The third-order valence-corrected chi connectivity index (χ3v) is 9.90. The number of carboxylic acids is 1. The highest BCUT2D eigenvalue weighted by Gasteiger charge is 2.35. The quantitative estimate of drug-likeness (QED) is 0.135. The normalized spacial score (nSPS) is 17.6. The van der Waals surface area contributed by atoms with Crippen LogP contribution in [0.2, 0.25) is 5.02 Å². The van der Waals surface area contributed by atoms with Crippen molar-refractivity contribution in [1.82, 2.24) is 19.4 Å². The lowest BCUT2D eigenvalue weighted by Crippen LogP contribution is -2.47. The first kappa shape index (κ1) is 32.0. The van der Waals surface area contributed by atoms with Crippen LogP contribution in [-0.2, 0) is 24.1 Å². The summed E-state index contributed by atoms with van der Waals surface area (Å²) >= 11 is 8.68. The van der Waals surface area contributed by atoms with Gasteiger partial charge in [-0.15, -0.1) is 11.3 Å². The number of fused-ring (bicyclic) bond motifs is 2. The van der Waals surface area contributed by atoms with E-state index in [0.717, 1.165) is 50.5 Å². The van der Waals surface area contributed by atoms with Crippen LogP contribution < -0.4 is 5.56 Å². The summed E-state index contributed by atoms with van der Waals surface area (Å²) in [5.41, 5.74) is 4.15. The number of rotatable bonds is 6. The fourth-order valence-electron chi connectivity index (χ4n) is 6.21. The first-order valence-electron chi connectivity index (χ1n) is 14.4. The molecule has 4 aromatic rings. The first-order valence-corrected chi connectivity index (χ1v) is 16.8. The highest BCUT2D eigenvalue weighted by molar-refractivity contribution is 14.1. The Hall–Kier alpha value is -2.96. The molecule has 6 rings (SSSR count). The van der Waals surface area contributed by atoms with Gasteiger partial charge in [0.15, 0.2) is 0 Å². The number of hydrogen-bond donors (Lipinski definition) is 1. The summed E-state index contributed by atoms with van der Waals surface area (Å²) in [7, 11) is 0. The molecule has 3 aromatic heterocycles. The van der Waals surface area contributed by atoms with Crippen molar-refractivity contribution >= 4 is 61.7 Å². The van der Waals surface area contributed by atoms with Gasteiger partial charge < -0.3 is 9.84 Å². The molecule has 2 aliphatic rings. The average molecular weight is 765 g/mol. The minimum atomic E-state index is -3.16. The molecule has 0 spiro atoms. The standard InChI is InChI=1S/C32H28ClF2IN4O4S/c1-18-38-27-7-6-21(39-13-9-22(10-14-39)44-32(34,35)36)16-25(27)30(41)40(18)12-2-3-19-4-5-20(33)15-24(19)23-8-11-37-28-26(31(42)43)17-45-29(23)28/h4-5,8,11,15,17,21-22H,6-7,9-10,12-14,16H2,1H3,(H,42,43)/t21-/m0/s1. The molecular formula is C32H28ClF2IN4O4S. The molecule has 4 heterocycles. The molecule has 0 unspecified atom stereocenters. The third-order valence-electron chi connectivity index (χ3n) is 8.40. The summed E-state index contributed by atoms with van der Waals surface area (Å²) in [4.78, 5) is 36.7. The summed E-state index contributed by atoms with van der Waals surface area (Å²) in [6, 6.07) is 7.30. The second-order valence-electron chi connectivity index (χ2n) is 11.2. The third kappa shape index (κ3) is 6.92. The number of likely N-dealkylation sites (tertiary alicyclic amines) is 1. The van der Waals surface area contributed by atoms with Crippen molar-refractivity contribution in [2.24, 2.45) is 0 Å². The number of aromatic carboxylic acids is 1. The van der Waals surface area contributed by atoms with Crippen LogP contribution in [0.4, 0.5) is 8.78 Å². The average Bonchev–Trinajstić information content (AvgIpc) is 3.44. The summed E-state index contributed by atoms with van der Waals surface area (Å²) in [6.45, 7) is 3.24. The van der Waals surface area contributed by atoms with Gasteiger partial charge in [-0.1, -0.05) is 23.4 Å². The molecule has 1 N–H and O–H groups in total. The monoisotopic (exact) mass is 764 g/mol. The molecule has 1 fully saturated rings. The number of thiophene rings is 1. The lowest BCUT2D eigenvalue weighted by atomic mass is 9.90. The predicted molar refractivity (Wildman–Crippen MR) is 178 cm³/mol. The molecule has 1 atom stereocenters. The van der Waals surface area contributed by atoms with E-state index < -0.39 is 16.2 Å². The van der Waals surface area contributed by atoms with Gasteiger partial charge in [-0.25, -0.2) is 9.78 Å². The van der Waals surface area contributed by atoms with Gasteiger partial charge >= 0.3 is 10.1 Å². The zero-order chi connectivity index (χ0) is 31.9. The van der Waals surface area contributed by atoms with Crippen molar-refractivity contribution in [3.05, 3.63) is 79.4 Å². The van der Waals surface area contributed by atoms with E-state index in [1.807, 2.05) is 12.1 Å². The molecule has 234 valence electrons. The lowest BCUT2D eigenvalue weighted by Gasteiger charge is -2.39. The molecule has 45 heavy (non-hydrogen) atoms. The maximum atomic E-state index is 13.7. The minimum Gasteiger partial charge on any atom is -0.478 e. The van der Waals surface area contributed by atoms with E-state index >= 15 is 0 Å². The van der Waals surface area contributed by atoms with Crippen molar-refractivity contribution in [2.45, 2.75) is 61.8 Å². The molecule has 1 saturated heterocycles. The Balaban J connectivity index is 1.23. The van der Waals surface area contributed by atoms with Crippen molar-refractivity contribution in [3.63, 3.8) is 0 Å². The van der Waals surface area contributed by atoms with Crippen LogP contribution in [0.1, 0.15) is 52.3 Å². The smallest absolute Gasteiger partial charge is 0.408 e. The molecule has 0 saturated carbocycles. The second kappa shape index (κ2) is 13.0. The Kier molecular flexibility index (Phi) is 9.27. The van der Waals surface area contributed by atoms with Gasteiger partial charge in [-0.05, 0) is 63.3 Å². The van der Waals surface area contributed by atoms with Gasteiger partial charge in [-0.3, -0.25) is 19.2 Å². The Bertz CT molecular complexity index is 1910. The number of aryl methyl sites for hydroxylation is 2. The minimum absolute atomic E-state index is 0.105. The largest absolute Gasteiger partial charge is 0.478 e. The predicted octanol–water partition coefficient (Wildman–Crippen LogP) is 6.56. The fourth-order valence-corrected chi connectivity index (χ4v) is 7.77. The Morgan fingerprint density at radius 2 is 2.02 bits per heavy atom. The number of hydrogen-bond acceptors (Lipinski definition) is 7. The number of carboxylic acid groups (broad SMARTS) is 1. The van der Waals surface area contributed by atoms with Crippen LogP contribution in [0.5, 0.6) is 0 Å². The summed E-state index contributed by atoms with van der Waals surface area (Å²) in [6.07, 6.45) is 4.26. The molecule has 0 bridgehead atoms. The Morgan fingerprint density at radius 1 is 1.24 bits per heavy atom.